The highest BCUT2D eigenvalue weighted by Gasteiger charge is 2.26. The van der Waals surface area contributed by atoms with E-state index < -0.39 is 15.8 Å². The van der Waals surface area contributed by atoms with Crippen molar-refractivity contribution in [2.75, 3.05) is 18.9 Å². The van der Waals surface area contributed by atoms with Crippen molar-refractivity contribution in [3.8, 4) is 0 Å². The standard InChI is InChI=1S/C12H19FN2O3S/c1-9(2)15(6-3-7-16)19(17,18)10-4-5-11(13)12(14)8-10/h4-5,8-9,16H,3,6-7,14H2,1-2H3. The highest BCUT2D eigenvalue weighted by molar-refractivity contribution is 7.89. The highest BCUT2D eigenvalue weighted by atomic mass is 32.2. The van der Waals surface area contributed by atoms with Gasteiger partial charge in [-0.1, -0.05) is 0 Å². The monoisotopic (exact) mass is 290 g/mol. The molecule has 0 aromatic heterocycles. The van der Waals surface area contributed by atoms with Gasteiger partial charge < -0.3 is 10.8 Å². The van der Waals surface area contributed by atoms with E-state index in [1.165, 1.54) is 10.4 Å². The number of aliphatic hydroxyl groups is 1. The van der Waals surface area contributed by atoms with Crippen LogP contribution >= 0.6 is 0 Å². The van der Waals surface area contributed by atoms with E-state index in [1.807, 2.05) is 0 Å². The van der Waals surface area contributed by atoms with Crippen LogP contribution in [0.25, 0.3) is 0 Å². The molecule has 5 nitrogen and oxygen atoms in total. The van der Waals surface area contributed by atoms with Crippen molar-refractivity contribution in [2.45, 2.75) is 31.2 Å². The van der Waals surface area contributed by atoms with Crippen LogP contribution in [0.2, 0.25) is 0 Å². The Hall–Kier alpha value is -1.18. The number of benzene rings is 1. The van der Waals surface area contributed by atoms with Crippen LogP contribution in [0, 0.1) is 5.82 Å². The van der Waals surface area contributed by atoms with E-state index in [0.717, 1.165) is 12.1 Å². The molecule has 1 rings (SSSR count). The number of sulfonamides is 1. The Balaban J connectivity index is 3.15. The summed E-state index contributed by atoms with van der Waals surface area (Å²) in [6.07, 6.45) is 0.341. The summed E-state index contributed by atoms with van der Waals surface area (Å²) in [5.74, 6) is -0.648. The predicted molar refractivity (Wildman–Crippen MR) is 71.5 cm³/mol. The van der Waals surface area contributed by atoms with Crippen molar-refractivity contribution in [3.63, 3.8) is 0 Å². The largest absolute Gasteiger partial charge is 0.396 e. The number of halogens is 1. The Bertz CT molecular complexity index is 532. The van der Waals surface area contributed by atoms with Crippen LogP contribution in [-0.2, 0) is 10.0 Å². The summed E-state index contributed by atoms with van der Waals surface area (Å²) in [4.78, 5) is -0.0435. The van der Waals surface area contributed by atoms with Gasteiger partial charge in [-0.05, 0) is 38.5 Å². The van der Waals surface area contributed by atoms with Gasteiger partial charge in [0.05, 0.1) is 10.6 Å². The van der Waals surface area contributed by atoms with Crippen molar-refractivity contribution >= 4 is 15.7 Å². The SMILES string of the molecule is CC(C)N(CCCO)S(=O)(=O)c1ccc(F)c(N)c1. The van der Waals surface area contributed by atoms with E-state index >= 15 is 0 Å². The normalized spacial score (nSPS) is 12.3. The molecule has 0 aliphatic rings. The summed E-state index contributed by atoms with van der Waals surface area (Å²) >= 11 is 0. The Labute approximate surface area is 112 Å². The molecule has 0 unspecified atom stereocenters. The van der Waals surface area contributed by atoms with Gasteiger partial charge in [0.1, 0.15) is 5.82 Å². The Morgan fingerprint density at radius 3 is 2.53 bits per heavy atom. The lowest BCUT2D eigenvalue weighted by Crippen LogP contribution is -2.38. The molecule has 1 aromatic carbocycles. The van der Waals surface area contributed by atoms with E-state index in [2.05, 4.69) is 0 Å². The van der Waals surface area contributed by atoms with Crippen LogP contribution in [-0.4, -0.2) is 37.0 Å². The number of nitrogens with two attached hydrogens (primary N) is 1. The number of aliphatic hydroxyl groups excluding tert-OH is 1. The number of rotatable bonds is 6. The van der Waals surface area contributed by atoms with Crippen molar-refractivity contribution < 1.29 is 17.9 Å². The second-order valence-corrected chi connectivity index (χ2v) is 6.36. The number of nitrogen functional groups attached to an aromatic ring is 1. The first kappa shape index (κ1) is 15.9. The minimum atomic E-state index is -3.74. The quantitative estimate of drug-likeness (QED) is 0.771. The molecule has 0 aliphatic heterocycles. The number of hydrogen-bond acceptors (Lipinski definition) is 4. The van der Waals surface area contributed by atoms with Crippen LogP contribution < -0.4 is 5.73 Å². The maximum Gasteiger partial charge on any atom is 0.243 e. The summed E-state index contributed by atoms with van der Waals surface area (Å²) in [5, 5.41) is 8.82. The second kappa shape index (κ2) is 6.31. The third-order valence-electron chi connectivity index (χ3n) is 2.69. The first-order chi connectivity index (χ1) is 8.80. The maximum atomic E-state index is 13.1. The summed E-state index contributed by atoms with van der Waals surface area (Å²) in [7, 11) is -3.74. The molecule has 0 amide bonds. The van der Waals surface area contributed by atoms with Gasteiger partial charge in [-0.25, -0.2) is 12.8 Å². The zero-order valence-corrected chi connectivity index (χ0v) is 11.8. The van der Waals surface area contributed by atoms with Crippen molar-refractivity contribution in [3.05, 3.63) is 24.0 Å². The lowest BCUT2D eigenvalue weighted by molar-refractivity contribution is 0.258. The molecule has 0 bridgehead atoms. The molecule has 0 saturated heterocycles. The molecule has 0 spiro atoms. The predicted octanol–water partition coefficient (Wildman–Crippen LogP) is 1.19. The van der Waals surface area contributed by atoms with Crippen LogP contribution in [0.5, 0.6) is 0 Å². The summed E-state index contributed by atoms with van der Waals surface area (Å²) in [6, 6.07) is 3.07. The number of anilines is 1. The van der Waals surface area contributed by atoms with E-state index in [1.54, 1.807) is 13.8 Å². The third kappa shape index (κ3) is 3.65. The molecule has 1 aromatic rings. The zero-order chi connectivity index (χ0) is 14.6. The van der Waals surface area contributed by atoms with Crippen molar-refractivity contribution in [2.24, 2.45) is 0 Å². The first-order valence-electron chi connectivity index (χ1n) is 5.98. The fourth-order valence-corrected chi connectivity index (χ4v) is 3.41. The average Bonchev–Trinajstić information content (AvgIpc) is 2.32. The average molecular weight is 290 g/mol. The smallest absolute Gasteiger partial charge is 0.243 e. The van der Waals surface area contributed by atoms with Crippen molar-refractivity contribution in [1.82, 2.24) is 4.31 Å². The van der Waals surface area contributed by atoms with Gasteiger partial charge in [0.15, 0.2) is 0 Å². The molecule has 0 atom stereocenters. The van der Waals surface area contributed by atoms with E-state index in [4.69, 9.17) is 10.8 Å². The number of hydrogen-bond donors (Lipinski definition) is 2. The number of nitrogens with zero attached hydrogens (tertiary/aromatic N) is 1. The molecule has 108 valence electrons. The summed E-state index contributed by atoms with van der Waals surface area (Å²) in [6.45, 7) is 3.59. The fraction of sp³-hybridized carbons (Fsp3) is 0.500. The minimum absolute atomic E-state index is 0.0435. The molecule has 0 aliphatic carbocycles. The first-order valence-corrected chi connectivity index (χ1v) is 7.42. The molecular weight excluding hydrogens is 271 g/mol. The highest BCUT2D eigenvalue weighted by Crippen LogP contribution is 2.22. The Morgan fingerprint density at radius 2 is 2.05 bits per heavy atom. The van der Waals surface area contributed by atoms with E-state index in [0.29, 0.717) is 6.42 Å². The maximum absolute atomic E-state index is 13.1. The Kier molecular flexibility index (Phi) is 5.28. The van der Waals surface area contributed by atoms with Gasteiger partial charge in [0.25, 0.3) is 0 Å². The molecule has 19 heavy (non-hydrogen) atoms. The van der Waals surface area contributed by atoms with E-state index in [-0.39, 0.29) is 29.8 Å². The van der Waals surface area contributed by atoms with Gasteiger partial charge in [-0.15, -0.1) is 0 Å². The minimum Gasteiger partial charge on any atom is -0.396 e. The summed E-state index contributed by atoms with van der Waals surface area (Å²) in [5.41, 5.74) is 5.19. The Morgan fingerprint density at radius 1 is 1.42 bits per heavy atom. The summed E-state index contributed by atoms with van der Waals surface area (Å²) < 4.78 is 39.2. The zero-order valence-electron chi connectivity index (χ0n) is 11.0. The van der Waals surface area contributed by atoms with Crippen LogP contribution in [0.4, 0.5) is 10.1 Å². The topological polar surface area (TPSA) is 83.6 Å². The van der Waals surface area contributed by atoms with Crippen LogP contribution in [0.1, 0.15) is 20.3 Å². The molecule has 3 N–H and O–H groups in total. The lowest BCUT2D eigenvalue weighted by atomic mass is 10.3. The van der Waals surface area contributed by atoms with Gasteiger partial charge in [0.2, 0.25) is 10.0 Å². The van der Waals surface area contributed by atoms with Gasteiger partial charge >= 0.3 is 0 Å². The molecule has 7 heteroatoms. The van der Waals surface area contributed by atoms with Crippen LogP contribution in [0.15, 0.2) is 23.1 Å². The van der Waals surface area contributed by atoms with Crippen LogP contribution in [0.3, 0.4) is 0 Å². The molecule has 0 fully saturated rings. The fourth-order valence-electron chi connectivity index (χ4n) is 1.70. The van der Waals surface area contributed by atoms with Gasteiger partial charge in [0, 0.05) is 19.2 Å². The molecular formula is C12H19FN2O3S. The molecule has 0 radical (unpaired) electrons. The molecule has 0 heterocycles. The third-order valence-corrected chi connectivity index (χ3v) is 4.76. The van der Waals surface area contributed by atoms with Gasteiger partial charge in [-0.2, -0.15) is 4.31 Å². The molecule has 0 saturated carbocycles. The lowest BCUT2D eigenvalue weighted by Gasteiger charge is -2.25. The second-order valence-electron chi connectivity index (χ2n) is 4.47. The van der Waals surface area contributed by atoms with Crippen molar-refractivity contribution in [1.29, 1.82) is 0 Å². The van der Waals surface area contributed by atoms with Gasteiger partial charge in [-0.3, -0.25) is 0 Å². The van der Waals surface area contributed by atoms with E-state index in [9.17, 15) is 12.8 Å².